The number of benzene rings is 2. The number of halogens is 2. The Bertz CT molecular complexity index is 1370. The van der Waals surface area contributed by atoms with E-state index in [9.17, 15) is 18.8 Å². The number of Topliss-reactive ketones (excluding diaryl/α,β-unsaturated/α-hetero) is 1. The summed E-state index contributed by atoms with van der Waals surface area (Å²) in [7, 11) is 0. The summed E-state index contributed by atoms with van der Waals surface area (Å²) < 4.78 is 25.6. The van der Waals surface area contributed by atoms with E-state index < -0.39 is 23.8 Å². The van der Waals surface area contributed by atoms with Crippen molar-refractivity contribution >= 4 is 41.0 Å². The first-order valence-electron chi connectivity index (χ1n) is 14.0. The Hall–Kier alpha value is -3.63. The van der Waals surface area contributed by atoms with Crippen LogP contribution in [0.1, 0.15) is 44.5 Å². The SMILES string of the molecule is CCOc1ccc(OCc2ccccn2)cc1CC(=O)N[C@H](C(=O)N[C@@H](C)C(=O)CSCc1c(F)cccc1Cl)C(C)C. The van der Waals surface area contributed by atoms with Gasteiger partial charge in [-0.2, -0.15) is 0 Å². The lowest BCUT2D eigenvalue weighted by Gasteiger charge is -2.24. The monoisotopic (exact) mass is 629 g/mol. The van der Waals surface area contributed by atoms with Crippen LogP contribution in [-0.4, -0.2) is 47.0 Å². The van der Waals surface area contributed by atoms with E-state index in [2.05, 4.69) is 15.6 Å². The standard InChI is InChI=1S/C32H37ClFN3O5S/c1-5-41-29-13-12-24(42-17-23-9-6-7-14-35-23)15-22(29)16-30(39)37-31(20(2)3)32(40)36-21(4)28(38)19-43-18-25-26(33)10-8-11-27(25)34/h6-15,20-21,31H,5,16-19H2,1-4H3,(H,36,40)(H,37,39)/t21-,31-/m0/s1. The molecule has 43 heavy (non-hydrogen) atoms. The summed E-state index contributed by atoms with van der Waals surface area (Å²) in [5.74, 6) is -0.379. The van der Waals surface area contributed by atoms with Gasteiger partial charge in [-0.1, -0.05) is 37.6 Å². The van der Waals surface area contributed by atoms with Crippen LogP contribution in [0.2, 0.25) is 5.02 Å². The molecular formula is C32H37ClFN3O5S. The minimum absolute atomic E-state index is 0.0453. The van der Waals surface area contributed by atoms with Gasteiger partial charge in [0.05, 0.1) is 30.5 Å². The second kappa shape index (κ2) is 16.9. The van der Waals surface area contributed by atoms with Crippen LogP contribution in [0.5, 0.6) is 11.5 Å². The number of thioether (sulfide) groups is 1. The molecule has 0 aliphatic heterocycles. The van der Waals surface area contributed by atoms with E-state index in [1.165, 1.54) is 23.9 Å². The molecular weight excluding hydrogens is 593 g/mol. The van der Waals surface area contributed by atoms with E-state index in [-0.39, 0.29) is 42.1 Å². The summed E-state index contributed by atoms with van der Waals surface area (Å²) in [4.78, 5) is 43.2. The molecule has 2 atom stereocenters. The molecule has 0 saturated heterocycles. The molecule has 0 bridgehead atoms. The van der Waals surface area contributed by atoms with Crippen molar-refractivity contribution < 1.29 is 28.2 Å². The van der Waals surface area contributed by atoms with Crippen LogP contribution in [0.25, 0.3) is 0 Å². The van der Waals surface area contributed by atoms with Gasteiger partial charge in [0.2, 0.25) is 11.8 Å². The number of ketones is 1. The number of amides is 2. The smallest absolute Gasteiger partial charge is 0.243 e. The van der Waals surface area contributed by atoms with Gasteiger partial charge in [-0.05, 0) is 62.2 Å². The summed E-state index contributed by atoms with van der Waals surface area (Å²) in [5.41, 5.74) is 1.71. The Morgan fingerprint density at radius 3 is 2.49 bits per heavy atom. The van der Waals surface area contributed by atoms with Crippen LogP contribution >= 0.6 is 23.4 Å². The van der Waals surface area contributed by atoms with E-state index in [4.69, 9.17) is 21.1 Å². The molecule has 2 amide bonds. The Morgan fingerprint density at radius 1 is 1.02 bits per heavy atom. The van der Waals surface area contributed by atoms with E-state index >= 15 is 0 Å². The maximum Gasteiger partial charge on any atom is 0.243 e. The fraction of sp³-hybridized carbons (Fsp3) is 0.375. The first kappa shape index (κ1) is 33.9. The highest BCUT2D eigenvalue weighted by Gasteiger charge is 2.27. The van der Waals surface area contributed by atoms with Crippen molar-refractivity contribution in [2.75, 3.05) is 12.4 Å². The number of hydrogen-bond acceptors (Lipinski definition) is 7. The predicted molar refractivity (Wildman–Crippen MR) is 167 cm³/mol. The number of ether oxygens (including phenoxy) is 2. The molecule has 0 unspecified atom stereocenters. The molecule has 8 nitrogen and oxygen atoms in total. The van der Waals surface area contributed by atoms with Gasteiger partial charge in [-0.15, -0.1) is 11.8 Å². The topological polar surface area (TPSA) is 107 Å². The number of rotatable bonds is 16. The molecule has 0 fully saturated rings. The molecule has 11 heteroatoms. The molecule has 230 valence electrons. The molecule has 0 saturated carbocycles. The molecule has 0 aliphatic rings. The first-order valence-corrected chi connectivity index (χ1v) is 15.5. The lowest BCUT2D eigenvalue weighted by atomic mass is 10.0. The van der Waals surface area contributed by atoms with E-state index in [1.54, 1.807) is 37.4 Å². The van der Waals surface area contributed by atoms with Crippen molar-refractivity contribution in [2.24, 2.45) is 5.92 Å². The number of nitrogens with zero attached hydrogens (tertiary/aromatic N) is 1. The van der Waals surface area contributed by atoms with Crippen molar-refractivity contribution in [2.45, 2.75) is 58.6 Å². The van der Waals surface area contributed by atoms with Crippen LogP contribution < -0.4 is 20.1 Å². The van der Waals surface area contributed by atoms with Gasteiger partial charge in [0.15, 0.2) is 5.78 Å². The average molecular weight is 630 g/mol. The predicted octanol–water partition coefficient (Wildman–Crippen LogP) is 5.54. The van der Waals surface area contributed by atoms with Crippen LogP contribution in [-0.2, 0) is 33.2 Å². The maximum atomic E-state index is 14.0. The van der Waals surface area contributed by atoms with Crippen LogP contribution in [0.3, 0.4) is 0 Å². The second-order valence-corrected chi connectivity index (χ2v) is 11.6. The van der Waals surface area contributed by atoms with Crippen molar-refractivity contribution in [3.8, 4) is 11.5 Å². The molecule has 0 aliphatic carbocycles. The Kier molecular flexibility index (Phi) is 13.3. The molecule has 3 rings (SSSR count). The van der Waals surface area contributed by atoms with Crippen molar-refractivity contribution in [3.63, 3.8) is 0 Å². The second-order valence-electron chi connectivity index (χ2n) is 10.2. The Morgan fingerprint density at radius 2 is 1.81 bits per heavy atom. The van der Waals surface area contributed by atoms with Crippen molar-refractivity contribution in [3.05, 3.63) is 88.5 Å². The highest BCUT2D eigenvalue weighted by atomic mass is 35.5. The lowest BCUT2D eigenvalue weighted by Crippen LogP contribution is -2.53. The lowest BCUT2D eigenvalue weighted by molar-refractivity contribution is -0.131. The van der Waals surface area contributed by atoms with Gasteiger partial charge < -0.3 is 20.1 Å². The number of nitrogens with one attached hydrogen (secondary N) is 2. The minimum atomic E-state index is -0.869. The first-order chi connectivity index (χ1) is 20.6. The summed E-state index contributed by atoms with van der Waals surface area (Å²) in [5, 5.41) is 5.81. The molecule has 2 aromatic carbocycles. The Balaban J connectivity index is 1.57. The van der Waals surface area contributed by atoms with Gasteiger partial charge >= 0.3 is 0 Å². The van der Waals surface area contributed by atoms with Crippen LogP contribution in [0, 0.1) is 11.7 Å². The molecule has 1 heterocycles. The largest absolute Gasteiger partial charge is 0.494 e. The highest BCUT2D eigenvalue weighted by molar-refractivity contribution is 7.99. The molecule has 2 N–H and O–H groups in total. The maximum absolute atomic E-state index is 14.0. The number of carbonyl (C=O) groups excluding carboxylic acids is 3. The van der Waals surface area contributed by atoms with Gasteiger partial charge in [0.25, 0.3) is 0 Å². The quantitative estimate of drug-likeness (QED) is 0.214. The number of aromatic nitrogens is 1. The van der Waals surface area contributed by atoms with Crippen molar-refractivity contribution in [1.29, 1.82) is 0 Å². The van der Waals surface area contributed by atoms with Crippen molar-refractivity contribution in [1.82, 2.24) is 15.6 Å². The molecule has 3 aromatic rings. The number of carbonyl (C=O) groups is 3. The molecule has 0 radical (unpaired) electrons. The number of pyridine rings is 1. The third-order valence-corrected chi connectivity index (χ3v) is 7.79. The summed E-state index contributed by atoms with van der Waals surface area (Å²) >= 11 is 7.27. The molecule has 0 spiro atoms. The van der Waals surface area contributed by atoms with E-state index in [1.807, 2.05) is 39.0 Å². The van der Waals surface area contributed by atoms with Gasteiger partial charge in [0, 0.05) is 28.1 Å². The normalized spacial score (nSPS) is 12.3. The minimum Gasteiger partial charge on any atom is -0.494 e. The van der Waals surface area contributed by atoms with Gasteiger partial charge in [-0.25, -0.2) is 4.39 Å². The zero-order valence-corrected chi connectivity index (χ0v) is 26.3. The fourth-order valence-electron chi connectivity index (χ4n) is 4.09. The zero-order valence-electron chi connectivity index (χ0n) is 24.7. The zero-order chi connectivity index (χ0) is 31.4. The third kappa shape index (κ3) is 10.5. The summed E-state index contributed by atoms with van der Waals surface area (Å²) in [6.07, 6.45) is 1.64. The number of hydrogen-bond donors (Lipinski definition) is 2. The summed E-state index contributed by atoms with van der Waals surface area (Å²) in [6.45, 7) is 7.73. The summed E-state index contributed by atoms with van der Waals surface area (Å²) in [6, 6.07) is 13.6. The van der Waals surface area contributed by atoms with Gasteiger partial charge in [-0.3, -0.25) is 19.4 Å². The van der Waals surface area contributed by atoms with Crippen LogP contribution in [0.15, 0.2) is 60.8 Å². The van der Waals surface area contributed by atoms with Gasteiger partial charge in [0.1, 0.15) is 30.0 Å². The fourth-order valence-corrected chi connectivity index (χ4v) is 5.45. The van der Waals surface area contributed by atoms with E-state index in [0.29, 0.717) is 34.3 Å². The molecule has 1 aromatic heterocycles. The third-order valence-electron chi connectivity index (χ3n) is 6.46. The average Bonchev–Trinajstić information content (AvgIpc) is 2.97. The van der Waals surface area contributed by atoms with E-state index in [0.717, 1.165) is 5.69 Å². The van der Waals surface area contributed by atoms with Crippen LogP contribution in [0.4, 0.5) is 4.39 Å². The highest BCUT2D eigenvalue weighted by Crippen LogP contribution is 2.26. The Labute approximate surface area is 261 Å².